The number of carbonyl (C=O) groups is 2. The Hall–Kier alpha value is -4.12. The van der Waals surface area contributed by atoms with Crippen LogP contribution in [0.4, 0.5) is 10.1 Å². The van der Waals surface area contributed by atoms with E-state index in [1.165, 1.54) is 41.3 Å². The molecule has 4 aromatic rings. The van der Waals surface area contributed by atoms with Crippen molar-refractivity contribution in [2.45, 2.75) is 37.8 Å². The molecule has 4 aromatic carbocycles. The normalized spacial score (nSPS) is 11.8. The van der Waals surface area contributed by atoms with Crippen LogP contribution in [-0.4, -0.2) is 50.9 Å². The van der Waals surface area contributed by atoms with Gasteiger partial charge in [0.1, 0.15) is 24.2 Å². The number of sulfonamides is 1. The van der Waals surface area contributed by atoms with Crippen LogP contribution in [0.15, 0.2) is 102 Å². The van der Waals surface area contributed by atoms with E-state index in [-0.39, 0.29) is 28.6 Å². The topological polar surface area (TPSA) is 96.0 Å². The average Bonchev–Trinajstić information content (AvgIpc) is 3.04. The number of halogens is 3. The Morgan fingerprint density at radius 3 is 2.15 bits per heavy atom. The summed E-state index contributed by atoms with van der Waals surface area (Å²) in [6.45, 7) is 3.52. The highest BCUT2D eigenvalue weighted by Gasteiger charge is 2.34. The van der Waals surface area contributed by atoms with Gasteiger partial charge in [-0.1, -0.05) is 59.6 Å². The molecule has 1 atom stereocenters. The molecule has 0 aliphatic heterocycles. The zero-order chi connectivity index (χ0) is 33.3. The minimum atomic E-state index is -4.36. The monoisotopic (exact) mass is 685 g/mol. The zero-order valence-electron chi connectivity index (χ0n) is 25.3. The molecule has 0 radical (unpaired) electrons. The van der Waals surface area contributed by atoms with Gasteiger partial charge in [0.15, 0.2) is 0 Å². The highest BCUT2D eigenvalue weighted by Crippen LogP contribution is 2.28. The lowest BCUT2D eigenvalue weighted by Crippen LogP contribution is -2.53. The van der Waals surface area contributed by atoms with Crippen molar-refractivity contribution in [2.75, 3.05) is 24.0 Å². The minimum Gasteiger partial charge on any atom is -0.494 e. The van der Waals surface area contributed by atoms with Crippen LogP contribution >= 0.6 is 23.2 Å². The maximum absolute atomic E-state index is 14.4. The Balaban J connectivity index is 1.79. The summed E-state index contributed by atoms with van der Waals surface area (Å²) in [4.78, 5) is 29.2. The largest absolute Gasteiger partial charge is 0.494 e. The summed E-state index contributed by atoms with van der Waals surface area (Å²) in [6.07, 6.45) is 0.155. The molecule has 1 N–H and O–H groups in total. The van der Waals surface area contributed by atoms with Crippen LogP contribution < -0.4 is 14.4 Å². The molecule has 8 nitrogen and oxygen atoms in total. The molecule has 0 aliphatic carbocycles. The van der Waals surface area contributed by atoms with Gasteiger partial charge in [-0.05, 0) is 85.6 Å². The highest BCUT2D eigenvalue weighted by atomic mass is 35.5. The highest BCUT2D eigenvalue weighted by molar-refractivity contribution is 7.92. The summed E-state index contributed by atoms with van der Waals surface area (Å²) < 4.78 is 48.5. The maximum atomic E-state index is 14.4. The summed E-state index contributed by atoms with van der Waals surface area (Å²) in [6, 6.07) is 23.6. The number of nitrogens with zero attached hydrogens (tertiary/aromatic N) is 2. The third-order valence-corrected chi connectivity index (χ3v) is 9.60. The lowest BCUT2D eigenvalue weighted by Gasteiger charge is -2.34. The molecule has 0 spiro atoms. The molecular weight excluding hydrogens is 652 g/mol. The quantitative estimate of drug-likeness (QED) is 0.163. The first-order valence-corrected chi connectivity index (χ1v) is 16.8. The van der Waals surface area contributed by atoms with Gasteiger partial charge in [0.2, 0.25) is 11.8 Å². The number of nitrogens with one attached hydrogen (secondary N) is 1. The van der Waals surface area contributed by atoms with Gasteiger partial charge in [0, 0.05) is 19.5 Å². The lowest BCUT2D eigenvalue weighted by molar-refractivity contribution is -0.140. The van der Waals surface area contributed by atoms with Crippen LogP contribution in [-0.2, 0) is 32.6 Å². The third-order valence-electron chi connectivity index (χ3n) is 7.08. The molecule has 0 bridgehead atoms. The molecule has 0 heterocycles. The fourth-order valence-electron chi connectivity index (χ4n) is 4.82. The third kappa shape index (κ3) is 8.78. The Labute approximate surface area is 278 Å². The molecule has 0 fully saturated rings. The summed E-state index contributed by atoms with van der Waals surface area (Å²) in [5, 5.41) is 3.38. The van der Waals surface area contributed by atoms with Crippen molar-refractivity contribution in [1.29, 1.82) is 0 Å². The van der Waals surface area contributed by atoms with E-state index >= 15 is 0 Å². The van der Waals surface area contributed by atoms with Crippen LogP contribution in [0.1, 0.15) is 25.0 Å². The van der Waals surface area contributed by atoms with Crippen LogP contribution in [0.5, 0.6) is 5.75 Å². The number of carbonyl (C=O) groups excluding carboxylic acids is 2. The van der Waals surface area contributed by atoms with Gasteiger partial charge in [-0.3, -0.25) is 13.9 Å². The van der Waals surface area contributed by atoms with Crippen LogP contribution in [0, 0.1) is 5.82 Å². The summed E-state index contributed by atoms with van der Waals surface area (Å²) in [5.74, 6) is -1.18. The molecule has 0 saturated carbocycles. The SMILES string of the molecule is CCNC(=O)[C@H](Cc1ccccc1)N(Cc1ccc(Cl)c(Cl)c1)C(=O)CN(c1ccc(F)cc1)S(=O)(=O)c1ccc(OCC)cc1. The zero-order valence-corrected chi connectivity index (χ0v) is 27.7. The smallest absolute Gasteiger partial charge is 0.264 e. The van der Waals surface area contributed by atoms with Crippen molar-refractivity contribution < 1.29 is 27.1 Å². The van der Waals surface area contributed by atoms with Crippen molar-refractivity contribution >= 4 is 50.7 Å². The van der Waals surface area contributed by atoms with Gasteiger partial charge < -0.3 is 15.0 Å². The van der Waals surface area contributed by atoms with Crippen molar-refractivity contribution in [1.82, 2.24) is 10.2 Å². The van der Waals surface area contributed by atoms with E-state index in [0.717, 1.165) is 22.0 Å². The molecular formula is C34H34Cl2FN3O5S. The number of anilines is 1. The molecule has 46 heavy (non-hydrogen) atoms. The standard InChI is InChI=1S/C34H34Cl2FN3O5S/c1-3-38-34(42)32(21-24-8-6-5-7-9-24)39(22-25-10-19-30(35)31(36)20-25)33(41)23-40(27-13-11-26(37)12-14-27)46(43,44)29-17-15-28(16-18-29)45-4-2/h5-20,32H,3-4,21-23H2,1-2H3,(H,38,42)/t32-/m0/s1. The lowest BCUT2D eigenvalue weighted by atomic mass is 10.0. The van der Waals surface area contributed by atoms with E-state index in [0.29, 0.717) is 29.5 Å². The minimum absolute atomic E-state index is 0.0655. The number of hydrogen-bond acceptors (Lipinski definition) is 5. The maximum Gasteiger partial charge on any atom is 0.264 e. The molecule has 242 valence electrons. The first-order valence-electron chi connectivity index (χ1n) is 14.6. The number of ether oxygens (including phenoxy) is 1. The number of hydrogen-bond donors (Lipinski definition) is 1. The Morgan fingerprint density at radius 2 is 1.54 bits per heavy atom. The van der Waals surface area contributed by atoms with Crippen molar-refractivity contribution in [3.05, 3.63) is 124 Å². The van der Waals surface area contributed by atoms with Gasteiger partial charge in [-0.15, -0.1) is 0 Å². The van der Waals surface area contributed by atoms with Gasteiger partial charge >= 0.3 is 0 Å². The molecule has 0 unspecified atom stereocenters. The van der Waals surface area contributed by atoms with Crippen LogP contribution in [0.25, 0.3) is 0 Å². The fraction of sp³-hybridized carbons (Fsp3) is 0.235. The first-order chi connectivity index (χ1) is 22.0. The van der Waals surface area contributed by atoms with Gasteiger partial charge in [0.05, 0.1) is 27.2 Å². The van der Waals surface area contributed by atoms with E-state index in [2.05, 4.69) is 5.32 Å². The van der Waals surface area contributed by atoms with Crippen molar-refractivity contribution in [3.63, 3.8) is 0 Å². The molecule has 2 amide bonds. The Kier molecular flexibility index (Phi) is 12.0. The fourth-order valence-corrected chi connectivity index (χ4v) is 6.55. The van der Waals surface area contributed by atoms with Gasteiger partial charge in [-0.2, -0.15) is 0 Å². The van der Waals surface area contributed by atoms with Crippen molar-refractivity contribution in [3.8, 4) is 5.75 Å². The summed E-state index contributed by atoms with van der Waals surface area (Å²) in [7, 11) is -4.36. The average molecular weight is 687 g/mol. The molecule has 0 aliphatic rings. The molecule has 12 heteroatoms. The number of benzene rings is 4. The number of likely N-dealkylation sites (N-methyl/N-ethyl adjacent to an activating group) is 1. The van der Waals surface area contributed by atoms with E-state index in [4.69, 9.17) is 27.9 Å². The summed E-state index contributed by atoms with van der Waals surface area (Å²) in [5.41, 5.74) is 1.44. The predicted molar refractivity (Wildman–Crippen MR) is 178 cm³/mol. The molecule has 4 rings (SSSR count). The van der Waals surface area contributed by atoms with E-state index < -0.39 is 40.2 Å². The molecule has 0 saturated heterocycles. The van der Waals surface area contributed by atoms with E-state index in [9.17, 15) is 22.4 Å². The predicted octanol–water partition coefficient (Wildman–Crippen LogP) is 6.50. The molecule has 0 aromatic heterocycles. The number of amides is 2. The van der Waals surface area contributed by atoms with Gasteiger partial charge in [-0.25, -0.2) is 12.8 Å². The number of rotatable bonds is 14. The second-order valence-electron chi connectivity index (χ2n) is 10.3. The van der Waals surface area contributed by atoms with E-state index in [1.807, 2.05) is 37.3 Å². The van der Waals surface area contributed by atoms with Crippen LogP contribution in [0.2, 0.25) is 10.0 Å². The Morgan fingerprint density at radius 1 is 0.870 bits per heavy atom. The van der Waals surface area contributed by atoms with Gasteiger partial charge in [0.25, 0.3) is 10.0 Å². The van der Waals surface area contributed by atoms with Crippen LogP contribution in [0.3, 0.4) is 0 Å². The van der Waals surface area contributed by atoms with Crippen molar-refractivity contribution in [2.24, 2.45) is 0 Å². The summed E-state index contributed by atoms with van der Waals surface area (Å²) >= 11 is 12.4. The Bertz CT molecular complexity index is 1740. The second kappa shape index (κ2) is 15.9. The first kappa shape index (κ1) is 34.7. The van der Waals surface area contributed by atoms with E-state index in [1.54, 1.807) is 25.1 Å². The second-order valence-corrected chi connectivity index (χ2v) is 12.9.